The molecule has 0 aliphatic heterocycles. The number of rotatable bonds is 18. The normalized spacial score (nSPS) is 11.1. The Morgan fingerprint density at radius 2 is 1.09 bits per heavy atom. The van der Waals surface area contributed by atoms with Crippen molar-refractivity contribution in [2.45, 2.75) is 103 Å². The molecule has 0 spiro atoms. The first-order chi connectivity index (χ1) is 16.6. The van der Waals surface area contributed by atoms with Crippen molar-refractivity contribution in [1.29, 1.82) is 0 Å². The molecule has 0 unspecified atom stereocenters. The average Bonchev–Trinajstić information content (AvgIpc) is 2.84. The molecule has 2 N–H and O–H groups in total. The van der Waals surface area contributed by atoms with Crippen LogP contribution in [0.3, 0.4) is 0 Å². The maximum atomic E-state index is 12.3. The molecule has 2 aromatic rings. The molecule has 2 aromatic carbocycles. The van der Waals surface area contributed by atoms with Gasteiger partial charge < -0.3 is 14.9 Å². The van der Waals surface area contributed by atoms with E-state index < -0.39 is 0 Å². The topological polar surface area (TPSA) is 66.8 Å². The quantitative estimate of drug-likeness (QED) is 0.171. The average molecular weight is 469 g/mol. The summed E-state index contributed by atoms with van der Waals surface area (Å²) in [5.74, 6) is 0.274. The smallest absolute Gasteiger partial charge is 0.305 e. The highest BCUT2D eigenvalue weighted by Crippen LogP contribution is 2.31. The predicted molar refractivity (Wildman–Crippen MR) is 139 cm³/mol. The summed E-state index contributed by atoms with van der Waals surface area (Å²) < 4.78 is 5.48. The Kier molecular flexibility index (Phi) is 13.9. The molecule has 0 aliphatic rings. The van der Waals surface area contributed by atoms with Crippen LogP contribution in [0.1, 0.15) is 114 Å². The minimum Gasteiger partial charge on any atom is -0.508 e. The third-order valence-corrected chi connectivity index (χ3v) is 6.49. The van der Waals surface area contributed by atoms with E-state index in [1.807, 2.05) is 24.3 Å². The summed E-state index contributed by atoms with van der Waals surface area (Å²) in [5.41, 5.74) is 2.05. The summed E-state index contributed by atoms with van der Waals surface area (Å²) in [4.78, 5) is 12.3. The van der Waals surface area contributed by atoms with Gasteiger partial charge in [0.25, 0.3) is 0 Å². The molecule has 34 heavy (non-hydrogen) atoms. The molecule has 0 aromatic heterocycles. The zero-order chi connectivity index (χ0) is 24.4. The van der Waals surface area contributed by atoms with Crippen molar-refractivity contribution in [3.8, 4) is 11.5 Å². The van der Waals surface area contributed by atoms with E-state index in [-0.39, 0.29) is 23.4 Å². The Labute approximate surface area is 206 Å². The molecule has 0 amide bonds. The Morgan fingerprint density at radius 3 is 1.53 bits per heavy atom. The molecular formula is C30H44O4. The maximum absolute atomic E-state index is 12.3. The fourth-order valence-electron chi connectivity index (χ4n) is 4.40. The number of unbranched alkanes of at least 4 members (excludes halogenated alkanes) is 11. The number of benzene rings is 2. The lowest BCUT2D eigenvalue weighted by atomic mass is 9.87. The van der Waals surface area contributed by atoms with E-state index in [0.717, 1.165) is 24.0 Å². The van der Waals surface area contributed by atoms with Gasteiger partial charge in [-0.2, -0.15) is 0 Å². The van der Waals surface area contributed by atoms with Gasteiger partial charge in [0, 0.05) is 12.3 Å². The standard InChI is InChI=1S/C30H44O4/c1-2-3-4-5-6-7-8-9-10-11-12-13-24-34-30(33)23-22-29(25-14-18-27(31)19-15-25)26-16-20-28(32)21-17-26/h14-21,29,31-32H,2-13,22-24H2,1H3. The molecule has 0 saturated carbocycles. The van der Waals surface area contributed by atoms with E-state index in [1.54, 1.807) is 24.3 Å². The number of aromatic hydroxyl groups is 2. The number of ether oxygens (including phenoxy) is 1. The van der Waals surface area contributed by atoms with Crippen molar-refractivity contribution >= 4 is 5.97 Å². The molecule has 4 nitrogen and oxygen atoms in total. The monoisotopic (exact) mass is 468 g/mol. The summed E-state index contributed by atoms with van der Waals surface area (Å²) in [7, 11) is 0. The van der Waals surface area contributed by atoms with Gasteiger partial charge in [-0.3, -0.25) is 4.79 Å². The highest BCUT2D eigenvalue weighted by atomic mass is 16.5. The molecule has 0 atom stereocenters. The number of hydrogen-bond acceptors (Lipinski definition) is 4. The summed E-state index contributed by atoms with van der Waals surface area (Å²) in [6.07, 6.45) is 16.4. The highest BCUT2D eigenvalue weighted by molar-refractivity contribution is 5.69. The third kappa shape index (κ3) is 11.6. The van der Waals surface area contributed by atoms with E-state index in [9.17, 15) is 15.0 Å². The van der Waals surface area contributed by atoms with Gasteiger partial charge in [0.15, 0.2) is 0 Å². The summed E-state index contributed by atoms with van der Waals surface area (Å²) in [6.45, 7) is 2.76. The van der Waals surface area contributed by atoms with Gasteiger partial charge >= 0.3 is 5.97 Å². The molecule has 0 bridgehead atoms. The van der Waals surface area contributed by atoms with Crippen molar-refractivity contribution in [2.75, 3.05) is 6.61 Å². The summed E-state index contributed by atoms with van der Waals surface area (Å²) >= 11 is 0. The molecular weight excluding hydrogens is 424 g/mol. The van der Waals surface area contributed by atoms with Gasteiger partial charge in [-0.1, -0.05) is 102 Å². The minimum absolute atomic E-state index is 0.000366. The van der Waals surface area contributed by atoms with E-state index in [0.29, 0.717) is 19.4 Å². The van der Waals surface area contributed by atoms with Crippen LogP contribution in [0.4, 0.5) is 0 Å². The van der Waals surface area contributed by atoms with Crippen molar-refractivity contribution in [3.63, 3.8) is 0 Å². The zero-order valence-electron chi connectivity index (χ0n) is 21.0. The van der Waals surface area contributed by atoms with Gasteiger partial charge in [0.1, 0.15) is 11.5 Å². The second kappa shape index (κ2) is 17.0. The number of esters is 1. The minimum atomic E-state index is -0.161. The van der Waals surface area contributed by atoms with Crippen LogP contribution in [-0.2, 0) is 9.53 Å². The fourth-order valence-corrected chi connectivity index (χ4v) is 4.40. The fraction of sp³-hybridized carbons (Fsp3) is 0.567. The first-order valence-electron chi connectivity index (χ1n) is 13.3. The van der Waals surface area contributed by atoms with Crippen molar-refractivity contribution in [3.05, 3.63) is 59.7 Å². The lowest BCUT2D eigenvalue weighted by molar-refractivity contribution is -0.143. The van der Waals surface area contributed by atoms with Crippen LogP contribution in [0.15, 0.2) is 48.5 Å². The van der Waals surface area contributed by atoms with Crippen LogP contribution in [0, 0.1) is 0 Å². The molecule has 0 heterocycles. The number of phenolic OH excluding ortho intramolecular Hbond substituents is 2. The van der Waals surface area contributed by atoms with Gasteiger partial charge in [-0.05, 0) is 48.2 Å². The van der Waals surface area contributed by atoms with E-state index in [2.05, 4.69) is 6.92 Å². The molecule has 0 saturated heterocycles. The SMILES string of the molecule is CCCCCCCCCCCCCCOC(=O)CCC(c1ccc(O)cc1)c1ccc(O)cc1. The summed E-state index contributed by atoms with van der Waals surface area (Å²) in [5, 5.41) is 19.2. The number of carbonyl (C=O) groups is 1. The largest absolute Gasteiger partial charge is 0.508 e. The van der Waals surface area contributed by atoms with Crippen molar-refractivity contribution < 1.29 is 19.7 Å². The second-order valence-electron chi connectivity index (χ2n) is 9.38. The lowest BCUT2D eigenvalue weighted by Crippen LogP contribution is -2.09. The zero-order valence-corrected chi connectivity index (χ0v) is 21.0. The first kappa shape index (κ1) is 27.8. The molecule has 0 radical (unpaired) electrons. The van der Waals surface area contributed by atoms with Crippen LogP contribution >= 0.6 is 0 Å². The Bertz CT molecular complexity index is 737. The predicted octanol–water partition coefficient (Wildman–Crippen LogP) is 8.25. The Morgan fingerprint density at radius 1 is 0.676 bits per heavy atom. The Hall–Kier alpha value is -2.49. The van der Waals surface area contributed by atoms with Crippen LogP contribution in [0.2, 0.25) is 0 Å². The van der Waals surface area contributed by atoms with Gasteiger partial charge in [0.2, 0.25) is 0 Å². The van der Waals surface area contributed by atoms with Gasteiger partial charge in [0.05, 0.1) is 6.61 Å². The van der Waals surface area contributed by atoms with E-state index >= 15 is 0 Å². The van der Waals surface area contributed by atoms with Crippen LogP contribution in [0.5, 0.6) is 11.5 Å². The number of phenols is 2. The molecule has 188 valence electrons. The van der Waals surface area contributed by atoms with Crippen molar-refractivity contribution in [1.82, 2.24) is 0 Å². The maximum Gasteiger partial charge on any atom is 0.305 e. The summed E-state index contributed by atoms with van der Waals surface area (Å²) in [6, 6.07) is 14.2. The van der Waals surface area contributed by atoms with Gasteiger partial charge in [-0.25, -0.2) is 0 Å². The lowest BCUT2D eigenvalue weighted by Gasteiger charge is -2.18. The molecule has 0 fully saturated rings. The van der Waals surface area contributed by atoms with E-state index in [4.69, 9.17) is 4.74 Å². The van der Waals surface area contributed by atoms with Crippen LogP contribution < -0.4 is 0 Å². The van der Waals surface area contributed by atoms with Crippen LogP contribution in [0.25, 0.3) is 0 Å². The Balaban J connectivity index is 1.60. The number of carbonyl (C=O) groups excluding carboxylic acids is 1. The molecule has 4 heteroatoms. The van der Waals surface area contributed by atoms with Crippen LogP contribution in [-0.4, -0.2) is 22.8 Å². The van der Waals surface area contributed by atoms with Gasteiger partial charge in [-0.15, -0.1) is 0 Å². The molecule has 0 aliphatic carbocycles. The number of hydrogen-bond donors (Lipinski definition) is 2. The second-order valence-corrected chi connectivity index (χ2v) is 9.38. The molecule has 2 rings (SSSR count). The first-order valence-corrected chi connectivity index (χ1v) is 13.3. The third-order valence-electron chi connectivity index (χ3n) is 6.49. The van der Waals surface area contributed by atoms with E-state index in [1.165, 1.54) is 64.2 Å². The highest BCUT2D eigenvalue weighted by Gasteiger charge is 2.17. The van der Waals surface area contributed by atoms with Crippen molar-refractivity contribution in [2.24, 2.45) is 0 Å².